The molecule has 0 bridgehead atoms. The highest BCUT2D eigenvalue weighted by atomic mass is 19.3. The van der Waals surface area contributed by atoms with Crippen LogP contribution in [0.4, 0.5) is 31.8 Å². The molecule has 1 N–H and O–H groups in total. The van der Waals surface area contributed by atoms with Crippen LogP contribution in [0.1, 0.15) is 42.2 Å². The Bertz CT molecular complexity index is 1550. The van der Waals surface area contributed by atoms with E-state index in [0.717, 1.165) is 19.0 Å². The largest absolute Gasteiger partial charge is 0.494 e. The van der Waals surface area contributed by atoms with E-state index in [2.05, 4.69) is 30.4 Å². The van der Waals surface area contributed by atoms with E-state index in [1.165, 1.54) is 12.4 Å². The van der Waals surface area contributed by atoms with Crippen molar-refractivity contribution in [2.45, 2.75) is 32.1 Å². The summed E-state index contributed by atoms with van der Waals surface area (Å²) in [5, 5.41) is 7.42. The fraction of sp³-hybridized carbons (Fsp3) is 0.379. The molecule has 42 heavy (non-hydrogen) atoms. The summed E-state index contributed by atoms with van der Waals surface area (Å²) in [7, 11) is 5.16. The summed E-state index contributed by atoms with van der Waals surface area (Å²) in [4.78, 5) is 33.4. The van der Waals surface area contributed by atoms with Gasteiger partial charge in [0.25, 0.3) is 0 Å². The number of aryl methyl sites for hydroxylation is 1. The first-order valence-electron chi connectivity index (χ1n) is 13.7. The molecule has 1 aliphatic rings. The number of rotatable bonds is 11. The van der Waals surface area contributed by atoms with E-state index in [1.54, 1.807) is 43.1 Å². The maximum atomic E-state index is 14.8. The Morgan fingerprint density at radius 2 is 1.83 bits per heavy atom. The molecular weight excluding hydrogens is 544 g/mol. The van der Waals surface area contributed by atoms with Crippen LogP contribution in [0, 0.1) is 0 Å². The lowest BCUT2D eigenvalue weighted by atomic mass is 10.1. The van der Waals surface area contributed by atoms with Gasteiger partial charge in [-0.15, -0.1) is 0 Å². The van der Waals surface area contributed by atoms with Crippen LogP contribution in [0.25, 0.3) is 11.4 Å². The topological polar surface area (TPSA) is 114 Å². The third kappa shape index (κ3) is 6.05. The monoisotopic (exact) mass is 577 g/mol. The molecule has 0 amide bonds. The van der Waals surface area contributed by atoms with E-state index < -0.39 is 5.92 Å². The Balaban J connectivity index is 1.44. The fourth-order valence-corrected chi connectivity index (χ4v) is 4.98. The van der Waals surface area contributed by atoms with Crippen LogP contribution in [-0.2, 0) is 13.0 Å². The van der Waals surface area contributed by atoms with Gasteiger partial charge < -0.3 is 15.0 Å². The third-order valence-electron chi connectivity index (χ3n) is 7.17. The summed E-state index contributed by atoms with van der Waals surface area (Å²) in [6, 6.07) is 7.29. The number of likely N-dealkylation sites (tertiary alicyclic amines) is 1. The lowest BCUT2D eigenvalue weighted by Gasteiger charge is -2.25. The highest BCUT2D eigenvalue weighted by Gasteiger charge is 2.36. The van der Waals surface area contributed by atoms with Crippen LogP contribution in [-0.4, -0.2) is 74.2 Å². The van der Waals surface area contributed by atoms with Gasteiger partial charge in [0.1, 0.15) is 23.7 Å². The number of hydrogen-bond donors (Lipinski definition) is 1. The van der Waals surface area contributed by atoms with Gasteiger partial charge >= 0.3 is 5.92 Å². The van der Waals surface area contributed by atoms with Crippen molar-refractivity contribution in [1.82, 2.24) is 34.6 Å². The normalized spacial score (nSPS) is 13.8. The molecule has 0 spiro atoms. The van der Waals surface area contributed by atoms with Gasteiger partial charge in [-0.05, 0) is 38.1 Å². The average molecular weight is 578 g/mol. The molecule has 4 heterocycles. The van der Waals surface area contributed by atoms with Gasteiger partial charge in [-0.25, -0.2) is 19.9 Å². The molecule has 1 saturated heterocycles. The minimum atomic E-state index is -3.11. The number of carbonyl (C=O) groups is 1. The summed E-state index contributed by atoms with van der Waals surface area (Å²) in [5.74, 6) is -1.57. The highest BCUT2D eigenvalue weighted by Crippen LogP contribution is 2.41. The number of hydrogen-bond acceptors (Lipinski definition) is 10. The maximum Gasteiger partial charge on any atom is 0.303 e. The number of aromatic nitrogens is 6. The minimum absolute atomic E-state index is 0.0956. The number of anilines is 4. The van der Waals surface area contributed by atoms with Crippen molar-refractivity contribution in [3.8, 4) is 17.1 Å². The van der Waals surface area contributed by atoms with Gasteiger partial charge in [-0.3, -0.25) is 14.4 Å². The molecule has 5 rings (SSSR count). The maximum absolute atomic E-state index is 14.8. The quantitative estimate of drug-likeness (QED) is 0.245. The smallest absolute Gasteiger partial charge is 0.303 e. The molecule has 0 radical (unpaired) electrons. The number of alkyl halides is 2. The average Bonchev–Trinajstić information content (AvgIpc) is 3.67. The molecule has 1 aliphatic heterocycles. The molecule has 4 aromatic rings. The number of para-hydroxylation sites is 1. The number of methoxy groups -OCH3 is 1. The molecule has 220 valence electrons. The van der Waals surface area contributed by atoms with E-state index in [0.29, 0.717) is 53.0 Å². The molecule has 0 atom stereocenters. The standard InChI is InChI=1S/C29H33F2N9O2/c1-5-23(41)20-14-33-25(36-26-16-32-24(15-34-26)29(30,31)17-40-11-6-7-12-40)13-22(20)39(3)21-10-8-9-19(27(21)42-4)28-35-18-38(2)37-28/h8-10,13-16,18H,5-7,11-12,17H2,1-4H3,(H,33,34,36). The first kappa shape index (κ1) is 29.0. The first-order valence-corrected chi connectivity index (χ1v) is 13.7. The number of ether oxygens (including phenoxy) is 1. The van der Waals surface area contributed by atoms with Crippen molar-refractivity contribution in [3.63, 3.8) is 0 Å². The van der Waals surface area contributed by atoms with Crippen molar-refractivity contribution in [2.24, 2.45) is 7.05 Å². The molecule has 13 heteroatoms. The van der Waals surface area contributed by atoms with Gasteiger partial charge in [0.05, 0.1) is 48.5 Å². The zero-order chi connectivity index (χ0) is 29.9. The van der Waals surface area contributed by atoms with Crippen molar-refractivity contribution in [3.05, 3.63) is 60.4 Å². The lowest BCUT2D eigenvalue weighted by molar-refractivity contribution is -0.0369. The van der Waals surface area contributed by atoms with Crippen LogP contribution in [0.5, 0.6) is 5.75 Å². The summed E-state index contributed by atoms with van der Waals surface area (Å²) in [6.45, 7) is 2.73. The summed E-state index contributed by atoms with van der Waals surface area (Å²) in [5.41, 5.74) is 1.96. The Kier molecular flexibility index (Phi) is 8.39. The summed E-state index contributed by atoms with van der Waals surface area (Å²) in [6.07, 6.45) is 7.58. The molecule has 1 aromatic carbocycles. The van der Waals surface area contributed by atoms with Crippen LogP contribution < -0.4 is 15.0 Å². The minimum Gasteiger partial charge on any atom is -0.494 e. The van der Waals surface area contributed by atoms with E-state index in [1.807, 2.05) is 30.1 Å². The second-order valence-corrected chi connectivity index (χ2v) is 10.1. The molecule has 0 aliphatic carbocycles. The van der Waals surface area contributed by atoms with Crippen molar-refractivity contribution >= 4 is 28.8 Å². The van der Waals surface area contributed by atoms with Crippen LogP contribution >= 0.6 is 0 Å². The van der Waals surface area contributed by atoms with Gasteiger partial charge in [-0.1, -0.05) is 13.0 Å². The summed E-state index contributed by atoms with van der Waals surface area (Å²) >= 11 is 0. The predicted molar refractivity (Wildman–Crippen MR) is 155 cm³/mol. The van der Waals surface area contributed by atoms with Crippen molar-refractivity contribution in [2.75, 3.05) is 44.0 Å². The van der Waals surface area contributed by atoms with Crippen LogP contribution in [0.3, 0.4) is 0 Å². The molecule has 0 unspecified atom stereocenters. The Morgan fingerprint density at radius 3 is 2.48 bits per heavy atom. The van der Waals surface area contributed by atoms with Gasteiger partial charge in [-0.2, -0.15) is 13.9 Å². The summed E-state index contributed by atoms with van der Waals surface area (Å²) < 4.78 is 37.0. The number of Topliss-reactive ketones (excluding diaryl/α,β-unsaturated/α-hetero) is 1. The molecule has 11 nitrogen and oxygen atoms in total. The number of halogens is 2. The SMILES string of the molecule is CCC(=O)c1cnc(Nc2cnc(C(F)(F)CN3CCCC3)cn2)cc1N(C)c1cccc(-c2ncn(C)n2)c1OC. The van der Waals surface area contributed by atoms with Crippen LogP contribution in [0.2, 0.25) is 0 Å². The van der Waals surface area contributed by atoms with E-state index in [9.17, 15) is 13.6 Å². The van der Waals surface area contributed by atoms with Gasteiger partial charge in [0.2, 0.25) is 0 Å². The number of carbonyl (C=O) groups excluding carboxylic acids is 1. The molecular formula is C29H33F2N9O2. The lowest BCUT2D eigenvalue weighted by Crippen LogP contribution is -2.34. The number of benzene rings is 1. The molecule has 1 fully saturated rings. The predicted octanol–water partition coefficient (Wildman–Crippen LogP) is 4.97. The van der Waals surface area contributed by atoms with Crippen LogP contribution in [0.15, 0.2) is 49.2 Å². The molecule has 3 aromatic heterocycles. The number of ketones is 1. The Morgan fingerprint density at radius 1 is 1.07 bits per heavy atom. The van der Waals surface area contributed by atoms with Gasteiger partial charge in [0, 0.05) is 32.8 Å². The third-order valence-corrected chi connectivity index (χ3v) is 7.17. The zero-order valence-electron chi connectivity index (χ0n) is 24.0. The Hall–Kier alpha value is -4.52. The molecule has 0 saturated carbocycles. The second kappa shape index (κ2) is 12.1. The first-order chi connectivity index (χ1) is 20.2. The van der Waals surface area contributed by atoms with Gasteiger partial charge in [0.15, 0.2) is 17.4 Å². The number of nitrogens with one attached hydrogen (secondary N) is 1. The highest BCUT2D eigenvalue weighted by molar-refractivity contribution is 6.02. The van der Waals surface area contributed by atoms with E-state index in [-0.39, 0.29) is 30.3 Å². The number of pyridine rings is 1. The van der Waals surface area contributed by atoms with Crippen molar-refractivity contribution in [1.29, 1.82) is 0 Å². The van der Waals surface area contributed by atoms with Crippen molar-refractivity contribution < 1.29 is 18.3 Å². The fourth-order valence-electron chi connectivity index (χ4n) is 4.98. The van der Waals surface area contributed by atoms with E-state index in [4.69, 9.17) is 4.74 Å². The second-order valence-electron chi connectivity index (χ2n) is 10.1. The zero-order valence-corrected chi connectivity index (χ0v) is 24.0. The number of nitrogens with zero attached hydrogens (tertiary/aromatic N) is 8. The Labute approximate surface area is 242 Å². The van der Waals surface area contributed by atoms with E-state index >= 15 is 0 Å².